The number of nitrogens with one attached hydrogen (secondary N) is 1. The smallest absolute Gasteiger partial charge is 0.0641 e. The molecule has 1 aromatic heterocycles. The molecule has 1 saturated heterocycles. The highest BCUT2D eigenvalue weighted by molar-refractivity contribution is 5.24. The van der Waals surface area contributed by atoms with Crippen LogP contribution in [0.25, 0.3) is 0 Å². The minimum Gasteiger partial charge on any atom is -0.313 e. The molecule has 21 heavy (non-hydrogen) atoms. The number of piperidine rings is 1. The molecule has 0 saturated carbocycles. The van der Waals surface area contributed by atoms with Crippen LogP contribution in [0.2, 0.25) is 0 Å². The lowest BCUT2D eigenvalue weighted by atomic mass is 10.0. The third-order valence-electron chi connectivity index (χ3n) is 4.86. The molecule has 1 aliphatic rings. The van der Waals surface area contributed by atoms with Crippen LogP contribution in [0.3, 0.4) is 0 Å². The zero-order chi connectivity index (χ0) is 15.2. The van der Waals surface area contributed by atoms with Gasteiger partial charge >= 0.3 is 0 Å². The maximum Gasteiger partial charge on any atom is 0.0641 e. The second-order valence-electron chi connectivity index (χ2n) is 6.47. The fraction of sp³-hybridized carbons (Fsp3) is 0.824. The van der Waals surface area contributed by atoms with E-state index in [0.717, 1.165) is 25.7 Å². The van der Waals surface area contributed by atoms with Crippen LogP contribution in [0.15, 0.2) is 0 Å². The third kappa shape index (κ3) is 4.30. The van der Waals surface area contributed by atoms with Gasteiger partial charge in [-0.2, -0.15) is 5.10 Å². The molecule has 0 spiro atoms. The molecule has 1 aromatic rings. The maximum atomic E-state index is 4.76. The summed E-state index contributed by atoms with van der Waals surface area (Å²) < 4.78 is 2.22. The van der Waals surface area contributed by atoms with Crippen molar-refractivity contribution >= 4 is 0 Å². The molecule has 0 bridgehead atoms. The van der Waals surface area contributed by atoms with Crippen LogP contribution in [0.4, 0.5) is 0 Å². The second kappa shape index (κ2) is 7.95. The summed E-state index contributed by atoms with van der Waals surface area (Å²) in [7, 11) is 2.27. The summed E-state index contributed by atoms with van der Waals surface area (Å²) in [5.41, 5.74) is 3.92. The minimum absolute atomic E-state index is 0.740. The molecule has 2 rings (SSSR count). The Kier molecular flexibility index (Phi) is 6.24. The van der Waals surface area contributed by atoms with Crippen LogP contribution in [0.1, 0.15) is 56.0 Å². The highest BCUT2D eigenvalue weighted by atomic mass is 15.3. The van der Waals surface area contributed by atoms with Crippen LogP contribution < -0.4 is 5.32 Å². The van der Waals surface area contributed by atoms with Crippen LogP contribution >= 0.6 is 0 Å². The molecule has 0 aliphatic carbocycles. The van der Waals surface area contributed by atoms with Crippen molar-refractivity contribution in [2.45, 2.75) is 72.0 Å². The van der Waals surface area contributed by atoms with Crippen molar-refractivity contribution in [3.05, 3.63) is 17.0 Å². The summed E-state index contributed by atoms with van der Waals surface area (Å²) in [6.07, 6.45) is 6.50. The third-order valence-corrected chi connectivity index (χ3v) is 4.86. The summed E-state index contributed by atoms with van der Waals surface area (Å²) in [6, 6.07) is 0.740. The van der Waals surface area contributed by atoms with Crippen molar-refractivity contribution in [1.29, 1.82) is 0 Å². The summed E-state index contributed by atoms with van der Waals surface area (Å²) in [4.78, 5) is 2.53. The van der Waals surface area contributed by atoms with Crippen molar-refractivity contribution in [3.8, 4) is 0 Å². The first-order valence-electron chi connectivity index (χ1n) is 8.57. The van der Waals surface area contributed by atoms with E-state index in [-0.39, 0.29) is 0 Å². The predicted octanol–water partition coefficient (Wildman–Crippen LogP) is 2.87. The van der Waals surface area contributed by atoms with Gasteiger partial charge in [-0.1, -0.05) is 13.3 Å². The number of aryl methyl sites for hydroxylation is 2. The average Bonchev–Trinajstić information content (AvgIpc) is 2.74. The first-order chi connectivity index (χ1) is 10.1. The zero-order valence-electron chi connectivity index (χ0n) is 14.3. The van der Waals surface area contributed by atoms with E-state index < -0.39 is 0 Å². The molecule has 1 fully saturated rings. The van der Waals surface area contributed by atoms with Crippen molar-refractivity contribution in [3.63, 3.8) is 0 Å². The minimum atomic E-state index is 0.740. The second-order valence-corrected chi connectivity index (χ2v) is 6.47. The molecular weight excluding hydrogens is 260 g/mol. The summed E-state index contributed by atoms with van der Waals surface area (Å²) in [6.45, 7) is 10.9. The Hall–Kier alpha value is -0.870. The number of likely N-dealkylation sites (tertiary alicyclic amines) is 1. The molecule has 1 aliphatic heterocycles. The molecule has 4 heteroatoms. The van der Waals surface area contributed by atoms with Gasteiger partial charge in [-0.05, 0) is 59.7 Å². The van der Waals surface area contributed by atoms with Crippen molar-refractivity contribution in [2.75, 3.05) is 20.1 Å². The Balaban J connectivity index is 1.92. The van der Waals surface area contributed by atoms with Gasteiger partial charge in [0.15, 0.2) is 0 Å². The van der Waals surface area contributed by atoms with E-state index in [1.165, 1.54) is 55.6 Å². The van der Waals surface area contributed by atoms with Gasteiger partial charge in [-0.3, -0.25) is 4.68 Å². The van der Waals surface area contributed by atoms with Gasteiger partial charge in [-0.15, -0.1) is 0 Å². The molecule has 0 amide bonds. The lowest BCUT2D eigenvalue weighted by Crippen LogP contribution is -2.36. The van der Waals surface area contributed by atoms with Gasteiger partial charge in [0.2, 0.25) is 0 Å². The molecule has 2 heterocycles. The van der Waals surface area contributed by atoms with Crippen LogP contribution in [-0.4, -0.2) is 40.9 Å². The zero-order valence-corrected chi connectivity index (χ0v) is 14.3. The van der Waals surface area contributed by atoms with Gasteiger partial charge in [0, 0.05) is 30.4 Å². The fourth-order valence-corrected chi connectivity index (χ4v) is 3.38. The lowest BCUT2D eigenvalue weighted by molar-refractivity contribution is 0.169. The van der Waals surface area contributed by atoms with E-state index in [1.54, 1.807) is 0 Å². The molecule has 4 nitrogen and oxygen atoms in total. The highest BCUT2D eigenvalue weighted by Gasteiger charge is 2.19. The number of nitrogens with zero attached hydrogens (tertiary/aromatic N) is 3. The quantitative estimate of drug-likeness (QED) is 0.785. The van der Waals surface area contributed by atoms with Gasteiger partial charge in [0.1, 0.15) is 0 Å². The molecule has 1 atom stereocenters. The average molecular weight is 292 g/mol. The highest BCUT2D eigenvalue weighted by Crippen LogP contribution is 2.20. The van der Waals surface area contributed by atoms with Crippen molar-refractivity contribution in [1.82, 2.24) is 20.0 Å². The van der Waals surface area contributed by atoms with E-state index in [1.807, 2.05) is 0 Å². The van der Waals surface area contributed by atoms with Crippen LogP contribution in [0, 0.1) is 13.8 Å². The van der Waals surface area contributed by atoms with E-state index in [4.69, 9.17) is 5.10 Å². The molecule has 120 valence electrons. The summed E-state index contributed by atoms with van der Waals surface area (Å²) in [5.74, 6) is 0. The summed E-state index contributed by atoms with van der Waals surface area (Å²) in [5, 5.41) is 8.25. The van der Waals surface area contributed by atoms with Crippen molar-refractivity contribution < 1.29 is 0 Å². The fourth-order valence-electron chi connectivity index (χ4n) is 3.38. The van der Waals surface area contributed by atoms with Crippen LogP contribution in [-0.2, 0) is 13.1 Å². The van der Waals surface area contributed by atoms with Gasteiger partial charge in [0.25, 0.3) is 0 Å². The molecule has 1 unspecified atom stereocenters. The summed E-state index contributed by atoms with van der Waals surface area (Å²) >= 11 is 0. The van der Waals surface area contributed by atoms with Crippen molar-refractivity contribution in [2.24, 2.45) is 0 Å². The van der Waals surface area contributed by atoms with E-state index in [0.29, 0.717) is 0 Å². The Morgan fingerprint density at radius 1 is 1.29 bits per heavy atom. The Morgan fingerprint density at radius 2 is 2.10 bits per heavy atom. The number of hydrogen-bond acceptors (Lipinski definition) is 3. The first kappa shape index (κ1) is 16.5. The molecule has 1 N–H and O–H groups in total. The largest absolute Gasteiger partial charge is 0.313 e. The van der Waals surface area contributed by atoms with Gasteiger partial charge < -0.3 is 10.2 Å². The van der Waals surface area contributed by atoms with E-state index in [9.17, 15) is 0 Å². The normalized spacial score (nSPS) is 20.1. The molecule has 0 radical (unpaired) electrons. The number of rotatable bonds is 7. The SMILES string of the molecule is CCCNCc1c(C)nn(CCC2CCCCN2C)c1C. The molecule has 0 aromatic carbocycles. The van der Waals surface area contributed by atoms with E-state index in [2.05, 4.69) is 42.7 Å². The number of hydrogen-bond donors (Lipinski definition) is 1. The maximum absolute atomic E-state index is 4.76. The van der Waals surface area contributed by atoms with Crippen LogP contribution in [0.5, 0.6) is 0 Å². The molecular formula is C17H32N4. The monoisotopic (exact) mass is 292 g/mol. The Labute approximate surface area is 129 Å². The Bertz CT molecular complexity index is 438. The number of aromatic nitrogens is 2. The predicted molar refractivity (Wildman–Crippen MR) is 88.6 cm³/mol. The van der Waals surface area contributed by atoms with Gasteiger partial charge in [0.05, 0.1) is 5.69 Å². The van der Waals surface area contributed by atoms with E-state index >= 15 is 0 Å². The topological polar surface area (TPSA) is 33.1 Å². The lowest BCUT2D eigenvalue weighted by Gasteiger charge is -2.32. The van der Waals surface area contributed by atoms with Gasteiger partial charge in [-0.25, -0.2) is 0 Å². The Morgan fingerprint density at radius 3 is 2.81 bits per heavy atom. The first-order valence-corrected chi connectivity index (χ1v) is 8.57. The standard InChI is InChI=1S/C17H32N4/c1-5-10-18-13-17-14(2)19-21(15(17)3)12-9-16-8-6-7-11-20(16)4/h16,18H,5-13H2,1-4H3.